The van der Waals surface area contributed by atoms with Crippen molar-refractivity contribution in [3.05, 3.63) is 27.6 Å². The van der Waals surface area contributed by atoms with Crippen molar-refractivity contribution in [1.29, 1.82) is 0 Å². The van der Waals surface area contributed by atoms with Crippen LogP contribution in [-0.2, 0) is 4.74 Å². The number of anilines is 1. The lowest BCUT2D eigenvalue weighted by atomic mass is 10.1. The van der Waals surface area contributed by atoms with Gasteiger partial charge in [0.15, 0.2) is 0 Å². The lowest BCUT2D eigenvalue weighted by Crippen LogP contribution is -2.30. The molecule has 0 amide bonds. The van der Waals surface area contributed by atoms with Gasteiger partial charge in [0.1, 0.15) is 12.0 Å². The van der Waals surface area contributed by atoms with Gasteiger partial charge in [-0.2, -0.15) is 5.10 Å². The molecule has 0 saturated carbocycles. The number of hydrogen-bond donors (Lipinski definition) is 2. The Morgan fingerprint density at radius 1 is 1.37 bits per heavy atom. The van der Waals surface area contributed by atoms with Crippen molar-refractivity contribution < 1.29 is 4.74 Å². The van der Waals surface area contributed by atoms with Crippen LogP contribution in [0, 0.1) is 0 Å². The molecule has 0 aromatic carbocycles. The highest BCUT2D eigenvalue weighted by Crippen LogP contribution is 2.36. The van der Waals surface area contributed by atoms with Gasteiger partial charge in [-0.1, -0.05) is 0 Å². The summed E-state index contributed by atoms with van der Waals surface area (Å²) in [5.41, 5.74) is 5.20. The summed E-state index contributed by atoms with van der Waals surface area (Å²) in [7, 11) is 0. The van der Waals surface area contributed by atoms with Crippen molar-refractivity contribution in [2.45, 2.75) is 58.7 Å². The third-order valence-corrected chi connectivity index (χ3v) is 6.30. The maximum Gasteiger partial charge on any atom is 0.142 e. The van der Waals surface area contributed by atoms with Crippen molar-refractivity contribution in [2.24, 2.45) is 5.10 Å². The van der Waals surface area contributed by atoms with Gasteiger partial charge in [0.25, 0.3) is 0 Å². The van der Waals surface area contributed by atoms with E-state index in [9.17, 15) is 0 Å². The van der Waals surface area contributed by atoms with Crippen LogP contribution in [0.4, 0.5) is 5.82 Å². The average molecular weight is 451 g/mol. The molecule has 1 aliphatic heterocycles. The highest BCUT2D eigenvalue weighted by atomic mass is 79.9. The minimum Gasteiger partial charge on any atom is -0.365 e. The fourth-order valence-electron chi connectivity index (χ4n) is 2.83. The highest BCUT2D eigenvalue weighted by molar-refractivity contribution is 9.10. The molecule has 3 heterocycles. The quantitative estimate of drug-likeness (QED) is 0.447. The van der Waals surface area contributed by atoms with Crippen LogP contribution in [0.2, 0.25) is 0 Å². The molecule has 3 rings (SSSR count). The summed E-state index contributed by atoms with van der Waals surface area (Å²) >= 11 is 5.42. The van der Waals surface area contributed by atoms with Crippen LogP contribution >= 0.6 is 27.3 Å². The molecular formula is C20H27BrN4OS. The Kier molecular flexibility index (Phi) is 6.55. The first-order chi connectivity index (χ1) is 12.8. The second-order valence-electron chi connectivity index (χ2n) is 7.80. The summed E-state index contributed by atoms with van der Waals surface area (Å²) in [5.74, 6) is 0.881. The van der Waals surface area contributed by atoms with Crippen LogP contribution in [0.1, 0.15) is 51.8 Å². The van der Waals surface area contributed by atoms with Crippen LogP contribution in [0.25, 0.3) is 15.8 Å². The SMILES string of the molecule is C/C(=C\C=N/NC1CCCCO1)c1cc2nc(NC(C)(C)C)cc(Br)c2s1. The van der Waals surface area contributed by atoms with Gasteiger partial charge in [-0.25, -0.2) is 4.98 Å². The fraction of sp³-hybridized carbons (Fsp3) is 0.500. The zero-order valence-electron chi connectivity index (χ0n) is 16.3. The Hall–Kier alpha value is -1.44. The van der Waals surface area contributed by atoms with Crippen molar-refractivity contribution in [3.8, 4) is 0 Å². The van der Waals surface area contributed by atoms with Gasteiger partial charge in [-0.15, -0.1) is 11.3 Å². The van der Waals surface area contributed by atoms with Crippen molar-refractivity contribution >= 4 is 55.1 Å². The third-order valence-electron chi connectivity index (χ3n) is 4.12. The smallest absolute Gasteiger partial charge is 0.142 e. The minimum atomic E-state index is -0.0275. The summed E-state index contributed by atoms with van der Waals surface area (Å²) in [4.78, 5) is 5.95. The van der Waals surface area contributed by atoms with Crippen LogP contribution in [0.15, 0.2) is 27.8 Å². The number of nitrogens with zero attached hydrogens (tertiary/aromatic N) is 2. The largest absolute Gasteiger partial charge is 0.365 e. The monoisotopic (exact) mass is 450 g/mol. The van der Waals surface area contributed by atoms with Crippen molar-refractivity contribution in [3.63, 3.8) is 0 Å². The molecule has 5 nitrogen and oxygen atoms in total. The van der Waals surface area contributed by atoms with Gasteiger partial charge in [0.05, 0.1) is 10.2 Å². The number of nitrogens with one attached hydrogen (secondary N) is 2. The number of ether oxygens (including phenoxy) is 1. The van der Waals surface area contributed by atoms with E-state index in [2.05, 4.69) is 65.5 Å². The van der Waals surface area contributed by atoms with E-state index in [1.807, 2.05) is 12.1 Å². The van der Waals surface area contributed by atoms with Crippen LogP contribution in [-0.4, -0.2) is 29.6 Å². The molecule has 2 aromatic heterocycles. The Labute approximate surface area is 173 Å². The molecule has 1 aliphatic rings. The number of hydrogen-bond acceptors (Lipinski definition) is 6. The van der Waals surface area contributed by atoms with Gasteiger partial charge < -0.3 is 10.1 Å². The molecule has 0 radical (unpaired) electrons. The molecule has 2 N–H and O–H groups in total. The minimum absolute atomic E-state index is 0.0275. The molecule has 1 atom stereocenters. The van der Waals surface area contributed by atoms with Gasteiger partial charge in [-0.3, -0.25) is 5.43 Å². The number of fused-ring (bicyclic) bond motifs is 1. The van der Waals surface area contributed by atoms with Crippen molar-refractivity contribution in [2.75, 3.05) is 11.9 Å². The van der Waals surface area contributed by atoms with Gasteiger partial charge in [0.2, 0.25) is 0 Å². The summed E-state index contributed by atoms with van der Waals surface area (Å²) < 4.78 is 7.82. The Morgan fingerprint density at radius 3 is 2.89 bits per heavy atom. The number of aromatic nitrogens is 1. The first kappa shape index (κ1) is 20.3. The summed E-state index contributed by atoms with van der Waals surface area (Å²) in [6.45, 7) is 9.30. The lowest BCUT2D eigenvalue weighted by Gasteiger charge is -2.21. The van der Waals surface area contributed by atoms with Crippen LogP contribution < -0.4 is 10.7 Å². The van der Waals surface area contributed by atoms with Gasteiger partial charge in [0, 0.05) is 27.7 Å². The lowest BCUT2D eigenvalue weighted by molar-refractivity contribution is -0.00437. The number of rotatable bonds is 5. The van der Waals surface area contributed by atoms with Crippen LogP contribution in [0.3, 0.4) is 0 Å². The predicted molar refractivity (Wildman–Crippen MR) is 120 cm³/mol. The molecule has 27 heavy (non-hydrogen) atoms. The van der Waals surface area contributed by atoms with E-state index in [1.165, 1.54) is 11.3 Å². The Bertz CT molecular complexity index is 848. The fourth-order valence-corrected chi connectivity index (χ4v) is 4.47. The normalized spacial score (nSPS) is 19.0. The summed E-state index contributed by atoms with van der Waals surface area (Å²) in [5, 5.41) is 7.71. The number of allylic oxidation sites excluding steroid dienone is 2. The number of hydrazone groups is 1. The summed E-state index contributed by atoms with van der Waals surface area (Å²) in [6.07, 6.45) is 7.21. The van der Waals surface area contributed by atoms with E-state index < -0.39 is 0 Å². The van der Waals surface area contributed by atoms with E-state index in [4.69, 9.17) is 9.72 Å². The topological polar surface area (TPSA) is 58.5 Å². The molecule has 1 unspecified atom stereocenters. The second-order valence-corrected chi connectivity index (χ2v) is 9.71. The van der Waals surface area contributed by atoms with Gasteiger partial charge in [-0.05, 0) is 86.7 Å². The van der Waals surface area contributed by atoms with E-state index in [-0.39, 0.29) is 11.8 Å². The molecule has 0 spiro atoms. The zero-order chi connectivity index (χ0) is 19.4. The number of pyridine rings is 1. The molecule has 1 fully saturated rings. The molecule has 0 aliphatic carbocycles. The Balaban J connectivity index is 1.72. The maximum atomic E-state index is 5.61. The molecule has 0 bridgehead atoms. The van der Waals surface area contributed by atoms with E-state index in [1.54, 1.807) is 17.6 Å². The molecule has 1 saturated heterocycles. The Morgan fingerprint density at radius 2 is 2.19 bits per heavy atom. The number of halogens is 1. The van der Waals surface area contributed by atoms with Crippen LogP contribution in [0.5, 0.6) is 0 Å². The molecule has 7 heteroatoms. The van der Waals surface area contributed by atoms with E-state index in [0.29, 0.717) is 0 Å². The molecule has 2 aromatic rings. The average Bonchev–Trinajstić information content (AvgIpc) is 3.03. The standard InChI is InChI=1S/C20H27BrN4OS/c1-13(8-9-22-25-18-7-5-6-10-26-18)16-12-15-19(27-16)14(21)11-17(23-15)24-20(2,3)4/h8-9,11-12,18,25H,5-7,10H2,1-4H3,(H,23,24)/b13-8+,22-9-. The zero-order valence-corrected chi connectivity index (χ0v) is 18.7. The first-order valence-corrected chi connectivity index (χ1v) is 10.9. The molecular weight excluding hydrogens is 424 g/mol. The highest BCUT2D eigenvalue weighted by Gasteiger charge is 2.14. The first-order valence-electron chi connectivity index (χ1n) is 9.27. The van der Waals surface area contributed by atoms with E-state index >= 15 is 0 Å². The summed E-state index contributed by atoms with van der Waals surface area (Å²) in [6, 6.07) is 4.18. The number of thiophene rings is 1. The van der Waals surface area contributed by atoms with Crippen molar-refractivity contribution in [1.82, 2.24) is 10.4 Å². The predicted octanol–water partition coefficient (Wildman–Crippen LogP) is 5.77. The van der Waals surface area contributed by atoms with E-state index in [0.717, 1.165) is 45.5 Å². The third kappa shape index (κ3) is 5.77. The maximum absolute atomic E-state index is 5.61. The second kappa shape index (κ2) is 8.71. The van der Waals surface area contributed by atoms with Gasteiger partial charge >= 0.3 is 0 Å². The molecule has 146 valence electrons.